The number of nitrogens with one attached hydrogen (secondary N) is 1. The maximum Gasteiger partial charge on any atom is 0.0733 e. The van der Waals surface area contributed by atoms with E-state index in [0.29, 0.717) is 11.8 Å². The van der Waals surface area contributed by atoms with Gasteiger partial charge in [-0.2, -0.15) is 0 Å². The first-order chi connectivity index (χ1) is 4.29. The maximum atomic E-state index is 9.68. The van der Waals surface area contributed by atoms with Gasteiger partial charge in [-0.15, -0.1) is 0 Å². The molecule has 2 fully saturated rings. The molecule has 0 bridgehead atoms. The summed E-state index contributed by atoms with van der Waals surface area (Å²) in [6.45, 7) is 4.14. The van der Waals surface area contributed by atoms with Gasteiger partial charge in [-0.25, -0.2) is 0 Å². The van der Waals surface area contributed by atoms with E-state index in [9.17, 15) is 5.11 Å². The van der Waals surface area contributed by atoms with Crippen molar-refractivity contribution < 1.29 is 5.11 Å². The van der Waals surface area contributed by atoms with Crippen LogP contribution in [0.2, 0.25) is 0 Å². The molecule has 0 aromatic rings. The highest BCUT2D eigenvalue weighted by molar-refractivity contribution is 5.16. The van der Waals surface area contributed by atoms with Gasteiger partial charge in [0.2, 0.25) is 0 Å². The Morgan fingerprint density at radius 1 is 1.56 bits per heavy atom. The summed E-state index contributed by atoms with van der Waals surface area (Å²) in [6, 6.07) is 0. The SMILES string of the molecule is CC[C@@]1(O)[C@@H]2CNC[C@@H]21. The number of hydrogen-bond donors (Lipinski definition) is 2. The normalized spacial score (nSPS) is 55.3. The zero-order valence-corrected chi connectivity index (χ0v) is 5.72. The van der Waals surface area contributed by atoms with Crippen LogP contribution in [0.25, 0.3) is 0 Å². The largest absolute Gasteiger partial charge is 0.389 e. The Balaban J connectivity index is 2.07. The minimum atomic E-state index is -0.259. The minimum Gasteiger partial charge on any atom is -0.389 e. The Labute approximate surface area is 55.3 Å². The molecule has 1 aliphatic heterocycles. The molecule has 1 aliphatic carbocycles. The number of fused-ring (bicyclic) bond motifs is 1. The molecule has 0 amide bonds. The summed E-state index contributed by atoms with van der Waals surface area (Å²) in [5.74, 6) is 1.17. The second-order valence-corrected chi connectivity index (χ2v) is 3.22. The van der Waals surface area contributed by atoms with Crippen LogP contribution in [0.15, 0.2) is 0 Å². The molecule has 2 aliphatic rings. The van der Waals surface area contributed by atoms with Gasteiger partial charge >= 0.3 is 0 Å². The highest BCUT2D eigenvalue weighted by atomic mass is 16.3. The highest BCUT2D eigenvalue weighted by Gasteiger charge is 2.64. The molecule has 2 rings (SSSR count). The van der Waals surface area contributed by atoms with E-state index in [4.69, 9.17) is 0 Å². The van der Waals surface area contributed by atoms with Gasteiger partial charge in [-0.3, -0.25) is 0 Å². The molecular weight excluding hydrogens is 114 g/mol. The van der Waals surface area contributed by atoms with Crippen molar-refractivity contribution in [3.63, 3.8) is 0 Å². The predicted molar refractivity (Wildman–Crippen MR) is 35.1 cm³/mol. The molecule has 1 saturated carbocycles. The van der Waals surface area contributed by atoms with E-state index in [2.05, 4.69) is 12.2 Å². The van der Waals surface area contributed by atoms with Crippen LogP contribution in [0.1, 0.15) is 13.3 Å². The van der Waals surface area contributed by atoms with E-state index in [-0.39, 0.29) is 5.60 Å². The van der Waals surface area contributed by atoms with E-state index in [1.54, 1.807) is 0 Å². The maximum absolute atomic E-state index is 9.68. The molecule has 2 N–H and O–H groups in total. The van der Waals surface area contributed by atoms with E-state index in [1.807, 2.05) is 0 Å². The second-order valence-electron chi connectivity index (χ2n) is 3.22. The molecule has 2 heteroatoms. The minimum absolute atomic E-state index is 0.259. The molecule has 52 valence electrons. The quantitative estimate of drug-likeness (QED) is 0.518. The third kappa shape index (κ3) is 0.528. The molecule has 0 aromatic carbocycles. The van der Waals surface area contributed by atoms with Crippen LogP contribution >= 0.6 is 0 Å². The first kappa shape index (κ1) is 5.69. The van der Waals surface area contributed by atoms with Crippen molar-refractivity contribution in [1.82, 2.24) is 5.32 Å². The smallest absolute Gasteiger partial charge is 0.0733 e. The van der Waals surface area contributed by atoms with Crippen molar-refractivity contribution >= 4 is 0 Å². The molecule has 9 heavy (non-hydrogen) atoms. The van der Waals surface area contributed by atoms with Crippen molar-refractivity contribution in [1.29, 1.82) is 0 Å². The van der Waals surface area contributed by atoms with Crippen LogP contribution in [0.4, 0.5) is 0 Å². The third-order valence-electron chi connectivity index (χ3n) is 2.96. The fraction of sp³-hybridized carbons (Fsp3) is 1.00. The van der Waals surface area contributed by atoms with Gasteiger partial charge in [0.15, 0.2) is 0 Å². The van der Waals surface area contributed by atoms with Crippen molar-refractivity contribution in [2.45, 2.75) is 18.9 Å². The molecule has 2 nitrogen and oxygen atoms in total. The van der Waals surface area contributed by atoms with E-state index in [1.165, 1.54) is 0 Å². The Bertz CT molecular complexity index is 125. The number of aliphatic hydroxyl groups is 1. The molecule has 1 heterocycles. The summed E-state index contributed by atoms with van der Waals surface area (Å²) in [6.07, 6.45) is 0.935. The first-order valence-electron chi connectivity index (χ1n) is 3.72. The Morgan fingerprint density at radius 2 is 2.11 bits per heavy atom. The van der Waals surface area contributed by atoms with Gasteiger partial charge < -0.3 is 10.4 Å². The summed E-state index contributed by atoms with van der Waals surface area (Å²) in [4.78, 5) is 0. The summed E-state index contributed by atoms with van der Waals surface area (Å²) < 4.78 is 0. The average molecular weight is 127 g/mol. The summed E-state index contributed by atoms with van der Waals surface area (Å²) >= 11 is 0. The van der Waals surface area contributed by atoms with Crippen LogP contribution in [-0.4, -0.2) is 23.8 Å². The molecule has 3 atom stereocenters. The summed E-state index contributed by atoms with van der Waals surface area (Å²) in [5.41, 5.74) is -0.259. The lowest BCUT2D eigenvalue weighted by Crippen LogP contribution is -2.25. The third-order valence-corrected chi connectivity index (χ3v) is 2.96. The van der Waals surface area contributed by atoms with Gasteiger partial charge in [0.05, 0.1) is 5.60 Å². The standard InChI is InChI=1S/C7H13NO/c1-2-7(9)5-3-8-4-6(5)7/h5-6,8-9H,2-4H2,1H3/t5-,6+,7-. The van der Waals surface area contributed by atoms with Crippen molar-refractivity contribution in [3.8, 4) is 0 Å². The second kappa shape index (κ2) is 1.50. The van der Waals surface area contributed by atoms with Gasteiger partial charge in [-0.1, -0.05) is 6.92 Å². The molecular formula is C7H13NO. The Hall–Kier alpha value is -0.0800. The van der Waals surface area contributed by atoms with E-state index in [0.717, 1.165) is 19.5 Å². The van der Waals surface area contributed by atoms with Crippen LogP contribution in [0, 0.1) is 11.8 Å². The molecule has 0 spiro atoms. The lowest BCUT2D eigenvalue weighted by Gasteiger charge is -2.10. The highest BCUT2D eigenvalue weighted by Crippen LogP contribution is 2.54. The van der Waals surface area contributed by atoms with Crippen LogP contribution in [0.5, 0.6) is 0 Å². The van der Waals surface area contributed by atoms with Crippen LogP contribution < -0.4 is 5.32 Å². The molecule has 0 unspecified atom stereocenters. The monoisotopic (exact) mass is 127 g/mol. The van der Waals surface area contributed by atoms with E-state index < -0.39 is 0 Å². The molecule has 1 saturated heterocycles. The summed E-state index contributed by atoms with van der Waals surface area (Å²) in [7, 11) is 0. The summed E-state index contributed by atoms with van der Waals surface area (Å²) in [5, 5.41) is 12.9. The predicted octanol–water partition coefficient (Wildman–Crippen LogP) is -0.0233. The number of hydrogen-bond acceptors (Lipinski definition) is 2. The number of piperidine rings is 1. The fourth-order valence-corrected chi connectivity index (χ4v) is 2.14. The topological polar surface area (TPSA) is 32.3 Å². The number of rotatable bonds is 1. The van der Waals surface area contributed by atoms with E-state index >= 15 is 0 Å². The van der Waals surface area contributed by atoms with Crippen molar-refractivity contribution in [3.05, 3.63) is 0 Å². The first-order valence-corrected chi connectivity index (χ1v) is 3.72. The molecule has 0 radical (unpaired) electrons. The van der Waals surface area contributed by atoms with Crippen LogP contribution in [0.3, 0.4) is 0 Å². The Kier molecular flexibility index (Phi) is 0.945. The lowest BCUT2D eigenvalue weighted by molar-refractivity contribution is 0.105. The van der Waals surface area contributed by atoms with Gasteiger partial charge in [0.25, 0.3) is 0 Å². The average Bonchev–Trinajstić information content (AvgIpc) is 2.39. The Morgan fingerprint density at radius 3 is 2.44 bits per heavy atom. The van der Waals surface area contributed by atoms with Crippen molar-refractivity contribution in [2.75, 3.05) is 13.1 Å². The molecule has 0 aromatic heterocycles. The zero-order chi connectivity index (χ0) is 6.48. The lowest BCUT2D eigenvalue weighted by atomic mass is 10.1. The fourth-order valence-electron chi connectivity index (χ4n) is 2.14. The van der Waals surface area contributed by atoms with Gasteiger partial charge in [-0.05, 0) is 6.42 Å². The van der Waals surface area contributed by atoms with Crippen LogP contribution in [-0.2, 0) is 0 Å². The van der Waals surface area contributed by atoms with Gasteiger partial charge in [0.1, 0.15) is 0 Å². The van der Waals surface area contributed by atoms with Crippen molar-refractivity contribution in [2.24, 2.45) is 11.8 Å². The zero-order valence-electron chi connectivity index (χ0n) is 5.72. The van der Waals surface area contributed by atoms with Gasteiger partial charge in [0, 0.05) is 24.9 Å².